The highest BCUT2D eigenvalue weighted by atomic mass is 32.1. The van der Waals surface area contributed by atoms with Gasteiger partial charge in [0.25, 0.3) is 5.56 Å². The van der Waals surface area contributed by atoms with Crippen LogP contribution in [0, 0.1) is 0 Å². The molecule has 1 atom stereocenters. The SMILES string of the molecule is CCOC(=O)c1ccc(-c2ccc(C=c3sc4n(c3=O)C(c3ccc(C(C)C)cc3)C(C(=O)OCCOC)=C(C)N=4)o2)cc1. The number of rotatable bonds is 10. The molecule has 0 aliphatic carbocycles. The van der Waals surface area contributed by atoms with Crippen molar-refractivity contribution in [2.45, 2.75) is 39.7 Å². The van der Waals surface area contributed by atoms with E-state index >= 15 is 0 Å². The molecule has 1 unspecified atom stereocenters. The number of benzene rings is 2. The molecule has 2 aromatic heterocycles. The van der Waals surface area contributed by atoms with Crippen LogP contribution in [0.15, 0.2) is 86.1 Å². The number of fused-ring (bicyclic) bond motifs is 1. The molecule has 5 rings (SSSR count). The van der Waals surface area contributed by atoms with Gasteiger partial charge in [-0.25, -0.2) is 14.6 Å². The average Bonchev–Trinajstić information content (AvgIpc) is 3.60. The van der Waals surface area contributed by atoms with E-state index in [1.807, 2.05) is 24.3 Å². The van der Waals surface area contributed by atoms with Crippen molar-refractivity contribution >= 4 is 29.4 Å². The van der Waals surface area contributed by atoms with Crippen molar-refractivity contribution in [3.05, 3.63) is 114 Å². The third-order valence-corrected chi connectivity index (χ3v) is 8.24. The van der Waals surface area contributed by atoms with Crippen LogP contribution in [-0.4, -0.2) is 43.4 Å². The molecule has 4 aromatic rings. The van der Waals surface area contributed by atoms with Gasteiger partial charge in [0.15, 0.2) is 4.80 Å². The molecule has 3 heterocycles. The summed E-state index contributed by atoms with van der Waals surface area (Å²) in [4.78, 5) is 44.4. The summed E-state index contributed by atoms with van der Waals surface area (Å²) in [5.74, 6) is 0.466. The molecule has 10 heteroatoms. The number of furan rings is 1. The molecule has 0 spiro atoms. The molecular weight excluding hydrogens is 580 g/mol. The van der Waals surface area contributed by atoms with Crippen molar-refractivity contribution < 1.29 is 28.2 Å². The van der Waals surface area contributed by atoms with Gasteiger partial charge < -0.3 is 18.6 Å². The Balaban J connectivity index is 1.53. The number of methoxy groups -OCH3 is 1. The summed E-state index contributed by atoms with van der Waals surface area (Å²) in [6, 6.07) is 17.7. The van der Waals surface area contributed by atoms with E-state index in [9.17, 15) is 14.4 Å². The summed E-state index contributed by atoms with van der Waals surface area (Å²) in [5.41, 5.74) is 3.66. The summed E-state index contributed by atoms with van der Waals surface area (Å²) in [7, 11) is 1.53. The number of carbonyl (C=O) groups is 2. The molecule has 1 aliphatic rings. The van der Waals surface area contributed by atoms with E-state index in [1.54, 1.807) is 60.9 Å². The first kappa shape index (κ1) is 30.9. The van der Waals surface area contributed by atoms with Crippen molar-refractivity contribution in [1.29, 1.82) is 0 Å². The molecule has 0 radical (unpaired) electrons. The second kappa shape index (κ2) is 13.4. The van der Waals surface area contributed by atoms with E-state index in [1.165, 1.54) is 18.4 Å². The zero-order valence-corrected chi connectivity index (χ0v) is 26.1. The largest absolute Gasteiger partial charge is 0.462 e. The van der Waals surface area contributed by atoms with Crippen molar-refractivity contribution in [3.63, 3.8) is 0 Å². The van der Waals surface area contributed by atoms with Crippen molar-refractivity contribution in [1.82, 2.24) is 4.57 Å². The topological polar surface area (TPSA) is 109 Å². The molecule has 9 nitrogen and oxygen atoms in total. The number of esters is 2. The van der Waals surface area contributed by atoms with Gasteiger partial charge in [-0.3, -0.25) is 9.36 Å². The number of hydrogen-bond donors (Lipinski definition) is 0. The molecule has 2 aromatic carbocycles. The fraction of sp³-hybridized carbons (Fsp3) is 0.294. The summed E-state index contributed by atoms with van der Waals surface area (Å²) >= 11 is 1.23. The highest BCUT2D eigenvalue weighted by molar-refractivity contribution is 7.07. The molecule has 0 saturated carbocycles. The van der Waals surface area contributed by atoms with E-state index in [2.05, 4.69) is 18.8 Å². The second-order valence-electron chi connectivity index (χ2n) is 10.5. The number of carbonyl (C=O) groups excluding carboxylic acids is 2. The van der Waals surface area contributed by atoms with Gasteiger partial charge in [0.05, 0.1) is 40.6 Å². The van der Waals surface area contributed by atoms with Crippen LogP contribution in [0.4, 0.5) is 0 Å². The molecule has 0 saturated heterocycles. The molecule has 0 N–H and O–H groups in total. The van der Waals surface area contributed by atoms with Gasteiger partial charge in [-0.1, -0.05) is 61.6 Å². The van der Waals surface area contributed by atoms with Gasteiger partial charge >= 0.3 is 11.9 Å². The Bertz CT molecular complexity index is 1880. The number of hydrogen-bond acceptors (Lipinski definition) is 9. The van der Waals surface area contributed by atoms with Gasteiger partial charge in [-0.15, -0.1) is 0 Å². The molecule has 1 aliphatic heterocycles. The Morgan fingerprint density at radius 1 is 1.00 bits per heavy atom. The molecular formula is C34H34N2O7S. The molecule has 0 amide bonds. The van der Waals surface area contributed by atoms with Gasteiger partial charge in [0.1, 0.15) is 18.1 Å². The molecule has 44 heavy (non-hydrogen) atoms. The number of nitrogens with zero attached hydrogens (tertiary/aromatic N) is 2. The normalized spacial score (nSPS) is 14.9. The smallest absolute Gasteiger partial charge is 0.338 e. The van der Waals surface area contributed by atoms with E-state index in [-0.39, 0.29) is 24.7 Å². The fourth-order valence-electron chi connectivity index (χ4n) is 4.96. The molecule has 228 valence electrons. The monoisotopic (exact) mass is 614 g/mol. The minimum absolute atomic E-state index is 0.0852. The van der Waals surface area contributed by atoms with Crippen molar-refractivity contribution in [3.8, 4) is 11.3 Å². The van der Waals surface area contributed by atoms with Crippen molar-refractivity contribution in [2.24, 2.45) is 4.99 Å². The molecule has 0 bridgehead atoms. The zero-order valence-electron chi connectivity index (χ0n) is 25.3. The first-order valence-corrected chi connectivity index (χ1v) is 15.2. The van der Waals surface area contributed by atoms with E-state index in [0.29, 0.717) is 50.2 Å². The second-order valence-corrected chi connectivity index (χ2v) is 11.5. The average molecular weight is 615 g/mol. The lowest BCUT2D eigenvalue weighted by Crippen LogP contribution is -2.40. The van der Waals surface area contributed by atoms with Crippen LogP contribution in [0.3, 0.4) is 0 Å². The highest BCUT2D eigenvalue weighted by Gasteiger charge is 2.33. The fourth-order valence-corrected chi connectivity index (χ4v) is 5.98. The minimum Gasteiger partial charge on any atom is -0.462 e. The Morgan fingerprint density at radius 3 is 2.39 bits per heavy atom. The van der Waals surface area contributed by atoms with Crippen molar-refractivity contribution in [2.75, 3.05) is 26.9 Å². The van der Waals surface area contributed by atoms with Gasteiger partial charge in [0, 0.05) is 18.7 Å². The Kier molecular flexibility index (Phi) is 9.41. The van der Waals surface area contributed by atoms with Gasteiger partial charge in [0.2, 0.25) is 0 Å². The maximum atomic E-state index is 13.9. The summed E-state index contributed by atoms with van der Waals surface area (Å²) in [6.07, 6.45) is 1.68. The third kappa shape index (κ3) is 6.36. The summed E-state index contributed by atoms with van der Waals surface area (Å²) in [6.45, 7) is 8.38. The van der Waals surface area contributed by atoms with Crippen LogP contribution in [0.1, 0.15) is 66.9 Å². The van der Waals surface area contributed by atoms with Crippen LogP contribution in [-0.2, 0) is 19.0 Å². The lowest BCUT2D eigenvalue weighted by Gasteiger charge is -2.25. The molecule has 0 fully saturated rings. The maximum Gasteiger partial charge on any atom is 0.338 e. The van der Waals surface area contributed by atoms with E-state index < -0.39 is 12.0 Å². The van der Waals surface area contributed by atoms with E-state index in [4.69, 9.17) is 18.6 Å². The Hall–Kier alpha value is -4.54. The predicted octanol–water partition coefficient (Wildman–Crippen LogP) is 4.98. The zero-order chi connectivity index (χ0) is 31.4. The number of allylic oxidation sites excluding steroid dienone is 1. The Labute approximate surface area is 258 Å². The van der Waals surface area contributed by atoms with E-state index in [0.717, 1.165) is 16.7 Å². The Morgan fingerprint density at radius 2 is 1.73 bits per heavy atom. The standard InChI is InChI=1S/C34H34N2O7S/c1-6-41-32(38)25-13-9-23(10-14-25)27-16-15-26(43-27)19-28-31(37)36-30(24-11-7-22(8-12-24)20(2)3)29(21(4)35-34(36)44-28)33(39)42-18-17-40-5/h7-16,19-20,30H,6,17-18H2,1-5H3. The van der Waals surface area contributed by atoms with Crippen LogP contribution in [0.25, 0.3) is 17.4 Å². The summed E-state index contributed by atoms with van der Waals surface area (Å²) in [5, 5.41) is 0. The van der Waals surface area contributed by atoms with Crippen LogP contribution >= 0.6 is 11.3 Å². The predicted molar refractivity (Wildman–Crippen MR) is 167 cm³/mol. The van der Waals surface area contributed by atoms with Crippen LogP contribution < -0.4 is 14.9 Å². The first-order valence-electron chi connectivity index (χ1n) is 14.4. The van der Waals surface area contributed by atoms with Crippen LogP contribution in [0.5, 0.6) is 0 Å². The van der Waals surface area contributed by atoms with Gasteiger partial charge in [-0.2, -0.15) is 0 Å². The number of thiazole rings is 1. The lowest BCUT2D eigenvalue weighted by atomic mass is 9.93. The van der Waals surface area contributed by atoms with Crippen LogP contribution in [0.2, 0.25) is 0 Å². The third-order valence-electron chi connectivity index (χ3n) is 7.26. The minimum atomic E-state index is -0.713. The highest BCUT2D eigenvalue weighted by Crippen LogP contribution is 2.31. The number of aromatic nitrogens is 1. The first-order chi connectivity index (χ1) is 21.2. The maximum absolute atomic E-state index is 13.9. The lowest BCUT2D eigenvalue weighted by molar-refractivity contribution is -0.140. The van der Waals surface area contributed by atoms with Gasteiger partial charge in [-0.05, 0) is 55.2 Å². The number of ether oxygens (including phenoxy) is 3. The summed E-state index contributed by atoms with van der Waals surface area (Å²) < 4.78 is 23.6. The quantitative estimate of drug-likeness (QED) is 0.183.